The fraction of sp³-hybridized carbons (Fsp3) is 0.286. The average molecular weight is 278 g/mol. The summed E-state index contributed by atoms with van der Waals surface area (Å²) in [4.78, 5) is 8.56. The minimum atomic E-state index is 0.644. The average Bonchev–Trinajstić information content (AvgIpc) is 2.44. The van der Waals surface area contributed by atoms with Gasteiger partial charge in [0.2, 0.25) is 0 Å². The van der Waals surface area contributed by atoms with Gasteiger partial charge in [-0.25, -0.2) is 9.97 Å². The quantitative estimate of drug-likeness (QED) is 0.825. The van der Waals surface area contributed by atoms with Gasteiger partial charge in [-0.3, -0.25) is 0 Å². The van der Waals surface area contributed by atoms with Crippen LogP contribution >= 0.6 is 11.6 Å². The highest BCUT2D eigenvalue weighted by Gasteiger charge is 2.02. The van der Waals surface area contributed by atoms with Crippen LogP contribution in [0.5, 0.6) is 5.75 Å². The van der Waals surface area contributed by atoms with Crippen LogP contribution in [0.25, 0.3) is 11.4 Å². The van der Waals surface area contributed by atoms with Gasteiger partial charge in [0.05, 0.1) is 19.0 Å². The van der Waals surface area contributed by atoms with E-state index in [0.717, 1.165) is 18.5 Å². The van der Waals surface area contributed by atoms with E-state index in [4.69, 9.17) is 16.3 Å². The van der Waals surface area contributed by atoms with Crippen LogP contribution in [0.1, 0.15) is 6.42 Å². The lowest BCUT2D eigenvalue weighted by atomic mass is 10.2. The summed E-state index contributed by atoms with van der Waals surface area (Å²) < 4.78 is 5.53. The van der Waals surface area contributed by atoms with Crippen LogP contribution in [0.15, 0.2) is 36.7 Å². The van der Waals surface area contributed by atoms with E-state index in [2.05, 4.69) is 15.3 Å². The van der Waals surface area contributed by atoms with Crippen molar-refractivity contribution in [2.24, 2.45) is 0 Å². The minimum absolute atomic E-state index is 0.644. The molecule has 0 saturated heterocycles. The van der Waals surface area contributed by atoms with E-state index in [-0.39, 0.29) is 0 Å². The van der Waals surface area contributed by atoms with Gasteiger partial charge < -0.3 is 10.1 Å². The first-order valence-electron chi connectivity index (χ1n) is 6.15. The second kappa shape index (κ2) is 7.07. The first-order valence-corrected chi connectivity index (χ1v) is 6.53. The number of nitrogens with zero attached hydrogens (tertiary/aromatic N) is 2. The van der Waals surface area contributed by atoms with Crippen LogP contribution in [0, 0.1) is 0 Å². The summed E-state index contributed by atoms with van der Waals surface area (Å²) in [7, 11) is 1.92. The summed E-state index contributed by atoms with van der Waals surface area (Å²) in [6, 6.07) is 7.46. The molecule has 1 aromatic heterocycles. The van der Waals surface area contributed by atoms with Gasteiger partial charge in [-0.15, -0.1) is 0 Å². The van der Waals surface area contributed by atoms with Crippen molar-refractivity contribution in [1.29, 1.82) is 0 Å². The summed E-state index contributed by atoms with van der Waals surface area (Å²) in [5, 5.41) is 3.74. The normalized spacial score (nSPS) is 10.4. The third-order valence-corrected chi connectivity index (χ3v) is 2.79. The molecule has 0 fully saturated rings. The summed E-state index contributed by atoms with van der Waals surface area (Å²) in [6.45, 7) is 1.59. The largest absolute Gasteiger partial charge is 0.490 e. The Bertz CT molecular complexity index is 516. The van der Waals surface area contributed by atoms with Crippen LogP contribution in [-0.4, -0.2) is 30.2 Å². The van der Waals surface area contributed by atoms with E-state index in [1.165, 1.54) is 0 Å². The van der Waals surface area contributed by atoms with E-state index in [1.54, 1.807) is 12.4 Å². The topological polar surface area (TPSA) is 47.0 Å². The first-order chi connectivity index (χ1) is 9.29. The number of hydrogen-bond donors (Lipinski definition) is 1. The number of ether oxygens (including phenoxy) is 1. The molecule has 5 heteroatoms. The molecule has 4 nitrogen and oxygen atoms in total. The lowest BCUT2D eigenvalue weighted by Crippen LogP contribution is -2.11. The van der Waals surface area contributed by atoms with Crippen molar-refractivity contribution >= 4 is 11.6 Å². The van der Waals surface area contributed by atoms with Crippen molar-refractivity contribution in [3.05, 3.63) is 41.7 Å². The van der Waals surface area contributed by atoms with Gasteiger partial charge >= 0.3 is 0 Å². The molecule has 19 heavy (non-hydrogen) atoms. The molecule has 0 saturated carbocycles. The van der Waals surface area contributed by atoms with Gasteiger partial charge in [-0.1, -0.05) is 23.7 Å². The summed E-state index contributed by atoms with van der Waals surface area (Å²) in [5.74, 6) is 1.33. The molecule has 0 radical (unpaired) electrons. The predicted octanol–water partition coefficient (Wildman–Crippen LogP) is 2.79. The van der Waals surface area contributed by atoms with Gasteiger partial charge in [0.25, 0.3) is 0 Å². The zero-order valence-corrected chi connectivity index (χ0v) is 11.5. The van der Waals surface area contributed by atoms with Crippen molar-refractivity contribution in [1.82, 2.24) is 15.3 Å². The second-order valence-electron chi connectivity index (χ2n) is 4.06. The second-order valence-corrected chi connectivity index (χ2v) is 4.49. The zero-order chi connectivity index (χ0) is 13.5. The molecule has 0 spiro atoms. The number of hydrogen-bond acceptors (Lipinski definition) is 4. The molecule has 2 aromatic rings. The molecular formula is C14H16ClN3O. The Balaban J connectivity index is 1.98. The molecular weight excluding hydrogens is 262 g/mol. The molecule has 1 heterocycles. The number of halogens is 1. The van der Waals surface area contributed by atoms with Crippen molar-refractivity contribution in [2.75, 3.05) is 20.2 Å². The standard InChI is InChI=1S/C14H16ClN3O/c1-16-6-3-7-19-13-9-17-14(18-10-13)11-4-2-5-12(15)8-11/h2,4-5,8-10,16H,3,6-7H2,1H3. The highest BCUT2D eigenvalue weighted by molar-refractivity contribution is 6.30. The van der Waals surface area contributed by atoms with E-state index in [1.807, 2.05) is 31.3 Å². The SMILES string of the molecule is CNCCCOc1cnc(-c2cccc(Cl)c2)nc1. The number of rotatable bonds is 6. The maximum atomic E-state index is 5.94. The maximum absolute atomic E-state index is 5.94. The Morgan fingerprint density at radius 3 is 2.74 bits per heavy atom. The van der Waals surface area contributed by atoms with E-state index in [9.17, 15) is 0 Å². The highest BCUT2D eigenvalue weighted by atomic mass is 35.5. The van der Waals surface area contributed by atoms with Gasteiger partial charge in [0.15, 0.2) is 11.6 Å². The lowest BCUT2D eigenvalue weighted by molar-refractivity contribution is 0.307. The predicted molar refractivity (Wildman–Crippen MR) is 76.5 cm³/mol. The summed E-state index contributed by atoms with van der Waals surface area (Å²) in [5.41, 5.74) is 0.897. The number of benzene rings is 1. The van der Waals surface area contributed by atoms with Gasteiger partial charge in [0, 0.05) is 10.6 Å². The molecule has 100 valence electrons. The Hall–Kier alpha value is -1.65. The smallest absolute Gasteiger partial charge is 0.159 e. The zero-order valence-electron chi connectivity index (χ0n) is 10.8. The van der Waals surface area contributed by atoms with E-state index in [0.29, 0.717) is 23.2 Å². The highest BCUT2D eigenvalue weighted by Crippen LogP contribution is 2.20. The van der Waals surface area contributed by atoms with Crippen molar-refractivity contribution < 1.29 is 4.74 Å². The maximum Gasteiger partial charge on any atom is 0.159 e. The van der Waals surface area contributed by atoms with Gasteiger partial charge in [0.1, 0.15) is 0 Å². The number of aromatic nitrogens is 2. The lowest BCUT2D eigenvalue weighted by Gasteiger charge is -2.06. The third kappa shape index (κ3) is 4.19. The van der Waals surface area contributed by atoms with Crippen LogP contribution in [-0.2, 0) is 0 Å². The monoisotopic (exact) mass is 277 g/mol. The summed E-state index contributed by atoms with van der Waals surface area (Å²) >= 11 is 5.94. The van der Waals surface area contributed by atoms with Crippen LogP contribution in [0.2, 0.25) is 5.02 Å². The van der Waals surface area contributed by atoms with Crippen molar-refractivity contribution in [3.8, 4) is 17.1 Å². The molecule has 0 bridgehead atoms. The van der Waals surface area contributed by atoms with E-state index >= 15 is 0 Å². The van der Waals surface area contributed by atoms with Gasteiger partial charge in [-0.05, 0) is 32.1 Å². The number of nitrogens with one attached hydrogen (secondary N) is 1. The molecule has 0 aliphatic carbocycles. The first kappa shape index (κ1) is 13.8. The molecule has 0 aliphatic rings. The Labute approximate surface area is 117 Å². The summed E-state index contributed by atoms with van der Waals surface area (Å²) in [6.07, 6.45) is 4.32. The Kier molecular flexibility index (Phi) is 5.12. The fourth-order valence-corrected chi connectivity index (χ4v) is 1.80. The minimum Gasteiger partial charge on any atom is -0.490 e. The van der Waals surface area contributed by atoms with E-state index < -0.39 is 0 Å². The molecule has 1 N–H and O–H groups in total. The fourth-order valence-electron chi connectivity index (χ4n) is 1.61. The molecule has 0 atom stereocenters. The Morgan fingerprint density at radius 1 is 1.26 bits per heavy atom. The molecule has 0 aliphatic heterocycles. The molecule has 0 unspecified atom stereocenters. The van der Waals surface area contributed by atoms with Crippen LogP contribution in [0.3, 0.4) is 0 Å². The van der Waals surface area contributed by atoms with Crippen molar-refractivity contribution in [2.45, 2.75) is 6.42 Å². The van der Waals surface area contributed by atoms with Crippen molar-refractivity contribution in [3.63, 3.8) is 0 Å². The third-order valence-electron chi connectivity index (χ3n) is 2.55. The van der Waals surface area contributed by atoms with Crippen LogP contribution in [0.4, 0.5) is 0 Å². The Morgan fingerprint density at radius 2 is 2.05 bits per heavy atom. The van der Waals surface area contributed by atoms with Crippen LogP contribution < -0.4 is 10.1 Å². The van der Waals surface area contributed by atoms with Gasteiger partial charge in [-0.2, -0.15) is 0 Å². The molecule has 1 aromatic carbocycles. The molecule has 2 rings (SSSR count). The molecule has 0 amide bonds.